The van der Waals surface area contributed by atoms with Gasteiger partial charge in [-0.25, -0.2) is 19.6 Å². The molecule has 0 spiro atoms. The first kappa shape index (κ1) is 17.3. The van der Waals surface area contributed by atoms with Gasteiger partial charge in [-0.05, 0) is 47.0 Å². The lowest BCUT2D eigenvalue weighted by Gasteiger charge is -2.39. The molecule has 2 N–H and O–H groups in total. The van der Waals surface area contributed by atoms with E-state index in [0.29, 0.717) is 0 Å². The van der Waals surface area contributed by atoms with Crippen molar-refractivity contribution in [1.82, 2.24) is 10.9 Å². The van der Waals surface area contributed by atoms with Crippen LogP contribution in [0.2, 0.25) is 0 Å². The molecule has 1 saturated heterocycles. The van der Waals surface area contributed by atoms with E-state index in [-0.39, 0.29) is 29.6 Å². The minimum atomic E-state index is -0.243. The molecule has 1 fully saturated rings. The molecule has 0 aromatic heterocycles. The quantitative estimate of drug-likeness (QED) is 0.704. The van der Waals surface area contributed by atoms with Gasteiger partial charge in [0.25, 0.3) is 0 Å². The number of hydrazine groups is 1. The third-order valence-electron chi connectivity index (χ3n) is 5.79. The van der Waals surface area contributed by atoms with Gasteiger partial charge in [-0.2, -0.15) is 0 Å². The largest absolute Gasteiger partial charge is 0.367 e. The smallest absolute Gasteiger partial charge is 0.123 e. The third-order valence-corrected chi connectivity index (χ3v) is 5.79. The van der Waals surface area contributed by atoms with Gasteiger partial charge in [0.05, 0.1) is 12.1 Å². The first-order chi connectivity index (χ1) is 13.7. The van der Waals surface area contributed by atoms with Gasteiger partial charge in [0.15, 0.2) is 0 Å². The average molecular weight is 377 g/mol. The van der Waals surface area contributed by atoms with Gasteiger partial charge in [-0.1, -0.05) is 42.5 Å². The molecular weight excluding hydrogens is 356 g/mol. The van der Waals surface area contributed by atoms with Crippen LogP contribution in [0.5, 0.6) is 0 Å². The van der Waals surface area contributed by atoms with E-state index in [1.54, 1.807) is 6.07 Å². The summed E-state index contributed by atoms with van der Waals surface area (Å²) in [6, 6.07) is 22.0. The highest BCUT2D eigenvalue weighted by Crippen LogP contribution is 2.45. The van der Waals surface area contributed by atoms with Gasteiger partial charge in [0, 0.05) is 24.7 Å². The number of benzene rings is 3. The summed E-state index contributed by atoms with van der Waals surface area (Å²) in [4.78, 5) is 2.32. The summed E-state index contributed by atoms with van der Waals surface area (Å²) in [5.74, 6) is -0.275. The molecule has 3 atom stereocenters. The van der Waals surface area contributed by atoms with Crippen molar-refractivity contribution in [2.24, 2.45) is 5.92 Å². The van der Waals surface area contributed by atoms with Gasteiger partial charge in [0.2, 0.25) is 0 Å². The van der Waals surface area contributed by atoms with Gasteiger partial charge in [0.1, 0.15) is 11.6 Å². The Kier molecular flexibility index (Phi) is 4.34. The Morgan fingerprint density at radius 1 is 0.821 bits per heavy atom. The van der Waals surface area contributed by atoms with E-state index in [1.165, 1.54) is 23.8 Å². The summed E-state index contributed by atoms with van der Waals surface area (Å²) >= 11 is 0. The van der Waals surface area contributed by atoms with Crippen LogP contribution in [0.4, 0.5) is 14.5 Å². The fourth-order valence-electron chi connectivity index (χ4n) is 4.47. The van der Waals surface area contributed by atoms with E-state index >= 15 is 0 Å². The lowest BCUT2D eigenvalue weighted by molar-refractivity contribution is 0.400. The first-order valence-corrected chi connectivity index (χ1v) is 9.54. The molecule has 142 valence electrons. The molecular formula is C23H21F2N3. The number of nitrogens with zero attached hydrogens (tertiary/aromatic N) is 1. The van der Waals surface area contributed by atoms with Crippen molar-refractivity contribution < 1.29 is 8.78 Å². The third kappa shape index (κ3) is 3.07. The van der Waals surface area contributed by atoms with Crippen molar-refractivity contribution in [1.29, 1.82) is 0 Å². The standard InChI is InChI=1S/C23H21F2N3/c24-17-8-6-16(7-9-17)22-20-14-28(13-15-4-2-1-3-5-15)21-11-10-18(25)12-19(21)23(20)27-26-22/h1-12,20,22-23,26-27H,13-14H2. The maximum absolute atomic E-state index is 14.1. The van der Waals surface area contributed by atoms with Crippen LogP contribution in [-0.2, 0) is 6.54 Å². The van der Waals surface area contributed by atoms with Crippen LogP contribution in [0.1, 0.15) is 28.8 Å². The highest BCUT2D eigenvalue weighted by Gasteiger charge is 2.43. The molecule has 5 rings (SSSR count). The number of fused-ring (bicyclic) bond motifs is 3. The first-order valence-electron chi connectivity index (χ1n) is 9.54. The van der Waals surface area contributed by atoms with Crippen LogP contribution in [0.15, 0.2) is 72.8 Å². The molecule has 0 radical (unpaired) electrons. The highest BCUT2D eigenvalue weighted by atomic mass is 19.1. The zero-order valence-corrected chi connectivity index (χ0v) is 15.3. The van der Waals surface area contributed by atoms with E-state index < -0.39 is 0 Å². The SMILES string of the molecule is Fc1ccc(C2NNC3c4cc(F)ccc4N(Cc4ccccc4)CC23)cc1. The summed E-state index contributed by atoms with van der Waals surface area (Å²) in [7, 11) is 0. The number of halogens is 2. The number of anilines is 1. The van der Waals surface area contributed by atoms with Gasteiger partial charge >= 0.3 is 0 Å². The molecule has 3 unspecified atom stereocenters. The van der Waals surface area contributed by atoms with Crippen LogP contribution in [0.3, 0.4) is 0 Å². The summed E-state index contributed by atoms with van der Waals surface area (Å²) in [5, 5.41) is 0. The zero-order valence-electron chi connectivity index (χ0n) is 15.3. The van der Waals surface area contributed by atoms with Crippen molar-refractivity contribution in [3.05, 3.63) is 101 Å². The van der Waals surface area contributed by atoms with Crippen LogP contribution in [0, 0.1) is 17.6 Å². The van der Waals surface area contributed by atoms with Gasteiger partial charge < -0.3 is 4.90 Å². The number of hydrogen-bond donors (Lipinski definition) is 2. The van der Waals surface area contributed by atoms with Crippen LogP contribution >= 0.6 is 0 Å². The Balaban J connectivity index is 1.52. The Labute approximate surface area is 163 Å². The number of hydrogen-bond acceptors (Lipinski definition) is 3. The van der Waals surface area contributed by atoms with Crippen molar-refractivity contribution >= 4 is 5.69 Å². The van der Waals surface area contributed by atoms with E-state index in [0.717, 1.165) is 29.9 Å². The molecule has 0 saturated carbocycles. The predicted molar refractivity (Wildman–Crippen MR) is 106 cm³/mol. The van der Waals surface area contributed by atoms with E-state index in [1.807, 2.05) is 36.4 Å². The predicted octanol–water partition coefficient (Wildman–Crippen LogP) is 4.49. The average Bonchev–Trinajstić information content (AvgIpc) is 3.13. The molecule has 0 bridgehead atoms. The molecule has 2 aliphatic heterocycles. The van der Waals surface area contributed by atoms with Crippen molar-refractivity contribution in [2.75, 3.05) is 11.4 Å². The molecule has 0 aliphatic carbocycles. The maximum atomic E-state index is 14.1. The van der Waals surface area contributed by atoms with Crippen molar-refractivity contribution in [2.45, 2.75) is 18.6 Å². The highest BCUT2D eigenvalue weighted by molar-refractivity contribution is 5.58. The monoisotopic (exact) mass is 377 g/mol. The molecule has 2 aliphatic rings. The van der Waals surface area contributed by atoms with Crippen LogP contribution in [-0.4, -0.2) is 6.54 Å². The molecule has 28 heavy (non-hydrogen) atoms. The topological polar surface area (TPSA) is 27.3 Å². The number of rotatable bonds is 3. The van der Waals surface area contributed by atoms with E-state index in [9.17, 15) is 8.78 Å². The molecule has 2 heterocycles. The lowest BCUT2D eigenvalue weighted by atomic mass is 9.82. The molecule has 3 aromatic carbocycles. The minimum Gasteiger partial charge on any atom is -0.367 e. The summed E-state index contributed by atoms with van der Waals surface area (Å²) in [6.45, 7) is 1.58. The molecule has 5 heteroatoms. The Morgan fingerprint density at radius 2 is 1.54 bits per heavy atom. The maximum Gasteiger partial charge on any atom is 0.123 e. The summed E-state index contributed by atoms with van der Waals surface area (Å²) in [5.41, 5.74) is 11.0. The van der Waals surface area contributed by atoms with E-state index in [2.05, 4.69) is 27.9 Å². The van der Waals surface area contributed by atoms with Crippen molar-refractivity contribution in [3.63, 3.8) is 0 Å². The zero-order chi connectivity index (χ0) is 19.1. The van der Waals surface area contributed by atoms with Gasteiger partial charge in [-0.3, -0.25) is 0 Å². The second-order valence-corrected chi connectivity index (χ2v) is 7.53. The molecule has 0 amide bonds. The Hall–Kier alpha value is -2.76. The normalized spacial score (nSPS) is 23.4. The van der Waals surface area contributed by atoms with E-state index in [4.69, 9.17) is 0 Å². The second-order valence-electron chi connectivity index (χ2n) is 7.53. The fraction of sp³-hybridized carbons (Fsp3) is 0.217. The Bertz CT molecular complexity index is 975. The van der Waals surface area contributed by atoms with Crippen LogP contribution < -0.4 is 15.8 Å². The summed E-state index contributed by atoms with van der Waals surface area (Å²) in [6.07, 6.45) is 0. The number of nitrogens with one attached hydrogen (secondary N) is 2. The van der Waals surface area contributed by atoms with Crippen molar-refractivity contribution in [3.8, 4) is 0 Å². The molecule has 3 nitrogen and oxygen atoms in total. The summed E-state index contributed by atoms with van der Waals surface area (Å²) < 4.78 is 27.4. The lowest BCUT2D eigenvalue weighted by Crippen LogP contribution is -2.39. The van der Waals surface area contributed by atoms with Gasteiger partial charge in [-0.15, -0.1) is 0 Å². The Morgan fingerprint density at radius 3 is 2.32 bits per heavy atom. The minimum absolute atomic E-state index is 0.00720. The molecule has 3 aromatic rings. The second kappa shape index (κ2) is 7.00. The van der Waals surface area contributed by atoms with Crippen LogP contribution in [0.25, 0.3) is 0 Å². The fourth-order valence-corrected chi connectivity index (χ4v) is 4.47.